The van der Waals surface area contributed by atoms with Crippen molar-refractivity contribution >= 4 is 0 Å². The Morgan fingerprint density at radius 3 is 2.06 bits per heavy atom. The molecule has 0 spiro atoms. The summed E-state index contributed by atoms with van der Waals surface area (Å²) in [6.07, 6.45) is 10.2. The van der Waals surface area contributed by atoms with Crippen LogP contribution in [-0.2, 0) is 11.2 Å². The summed E-state index contributed by atoms with van der Waals surface area (Å²) in [5, 5.41) is 0. The minimum absolute atomic E-state index is 0.126. The van der Waals surface area contributed by atoms with E-state index in [9.17, 15) is 0 Å². The Labute approximate surface area is 188 Å². The maximum atomic E-state index is 6.68. The molecule has 0 heterocycles. The molecule has 2 atom stereocenters. The summed E-state index contributed by atoms with van der Waals surface area (Å²) in [7, 11) is 0. The Hall–Kier alpha value is -1.80. The van der Waals surface area contributed by atoms with Crippen LogP contribution in [0.3, 0.4) is 0 Å². The maximum absolute atomic E-state index is 6.68. The number of ether oxygens (including phenoxy) is 2. The molecule has 0 N–H and O–H groups in total. The molecule has 4 saturated carbocycles. The largest absolute Gasteiger partial charge is 0.464 e. The van der Waals surface area contributed by atoms with E-state index in [0.29, 0.717) is 5.92 Å². The van der Waals surface area contributed by atoms with Crippen LogP contribution in [-0.4, -0.2) is 12.9 Å². The molecule has 0 radical (unpaired) electrons. The zero-order chi connectivity index (χ0) is 21.3. The molecular weight excluding hydrogens is 380 g/mol. The van der Waals surface area contributed by atoms with Crippen LogP contribution in [0.5, 0.6) is 5.75 Å². The zero-order valence-electron chi connectivity index (χ0n) is 19.3. The number of benzene rings is 2. The van der Waals surface area contributed by atoms with Crippen LogP contribution in [0.4, 0.5) is 0 Å². The van der Waals surface area contributed by atoms with Crippen molar-refractivity contribution in [1.29, 1.82) is 0 Å². The van der Waals surface area contributed by atoms with Crippen LogP contribution in [0.25, 0.3) is 0 Å². The van der Waals surface area contributed by atoms with Gasteiger partial charge in [0.15, 0.2) is 0 Å². The van der Waals surface area contributed by atoms with E-state index in [-0.39, 0.29) is 11.7 Å². The van der Waals surface area contributed by atoms with E-state index < -0.39 is 0 Å². The van der Waals surface area contributed by atoms with E-state index >= 15 is 0 Å². The highest BCUT2D eigenvalue weighted by molar-refractivity contribution is 5.29. The second-order valence-electron chi connectivity index (χ2n) is 10.7. The molecule has 2 heteroatoms. The van der Waals surface area contributed by atoms with Gasteiger partial charge in [0, 0.05) is 5.41 Å². The first-order chi connectivity index (χ1) is 15.1. The van der Waals surface area contributed by atoms with Gasteiger partial charge in [-0.3, -0.25) is 0 Å². The zero-order valence-corrected chi connectivity index (χ0v) is 19.3. The lowest BCUT2D eigenvalue weighted by Crippen LogP contribution is -2.54. The average Bonchev–Trinajstić information content (AvgIpc) is 2.78. The smallest absolute Gasteiger partial charge is 0.205 e. The van der Waals surface area contributed by atoms with Gasteiger partial charge in [-0.15, -0.1) is 0 Å². The van der Waals surface area contributed by atoms with Crippen molar-refractivity contribution in [3.8, 4) is 5.75 Å². The quantitative estimate of drug-likeness (QED) is 0.395. The normalized spacial score (nSPS) is 30.8. The number of hydrogen-bond acceptors (Lipinski definition) is 2. The fraction of sp³-hybridized carbons (Fsp3) is 0.586. The Balaban J connectivity index is 1.33. The molecule has 2 unspecified atom stereocenters. The molecule has 31 heavy (non-hydrogen) atoms. The molecule has 4 fully saturated rings. The molecule has 0 aromatic heterocycles. The maximum Gasteiger partial charge on any atom is 0.205 e. The van der Waals surface area contributed by atoms with Crippen LogP contribution < -0.4 is 4.74 Å². The second kappa shape index (κ2) is 8.98. The van der Waals surface area contributed by atoms with Crippen molar-refractivity contribution in [1.82, 2.24) is 0 Å². The monoisotopic (exact) mass is 418 g/mol. The highest BCUT2D eigenvalue weighted by Gasteiger charge is 2.55. The van der Waals surface area contributed by atoms with Crippen molar-refractivity contribution in [2.45, 2.75) is 77.4 Å². The van der Waals surface area contributed by atoms with E-state index in [1.807, 2.05) is 0 Å². The Kier molecular flexibility index (Phi) is 6.10. The van der Waals surface area contributed by atoms with Gasteiger partial charge in [-0.2, -0.15) is 0 Å². The van der Waals surface area contributed by atoms with E-state index in [0.717, 1.165) is 36.5 Å². The Morgan fingerprint density at radius 2 is 1.48 bits per heavy atom. The Bertz CT molecular complexity index is 806. The van der Waals surface area contributed by atoms with E-state index in [2.05, 4.69) is 68.4 Å². The fourth-order valence-electron chi connectivity index (χ4n) is 6.96. The molecule has 2 nitrogen and oxygen atoms in total. The van der Waals surface area contributed by atoms with Gasteiger partial charge < -0.3 is 9.47 Å². The first kappa shape index (κ1) is 21.1. The molecule has 6 rings (SSSR count). The first-order valence-electron chi connectivity index (χ1n) is 12.6. The predicted octanol–water partition coefficient (Wildman–Crippen LogP) is 7.38. The highest BCUT2D eigenvalue weighted by atomic mass is 16.7. The van der Waals surface area contributed by atoms with E-state index in [1.165, 1.54) is 56.1 Å². The minimum Gasteiger partial charge on any atom is -0.464 e. The molecule has 0 amide bonds. The highest BCUT2D eigenvalue weighted by Crippen LogP contribution is 2.61. The summed E-state index contributed by atoms with van der Waals surface area (Å²) in [4.78, 5) is 0. The van der Waals surface area contributed by atoms with Crippen molar-refractivity contribution in [3.63, 3.8) is 0 Å². The van der Waals surface area contributed by atoms with Gasteiger partial charge in [0.2, 0.25) is 6.29 Å². The molecule has 2 aromatic rings. The van der Waals surface area contributed by atoms with Crippen molar-refractivity contribution in [2.75, 3.05) is 6.61 Å². The predicted molar refractivity (Wildman–Crippen MR) is 126 cm³/mol. The first-order valence-corrected chi connectivity index (χ1v) is 12.6. The van der Waals surface area contributed by atoms with E-state index in [4.69, 9.17) is 9.47 Å². The third-order valence-electron chi connectivity index (χ3n) is 8.39. The van der Waals surface area contributed by atoms with Crippen molar-refractivity contribution < 1.29 is 9.47 Å². The lowest BCUT2D eigenvalue weighted by molar-refractivity contribution is -0.214. The third-order valence-corrected chi connectivity index (χ3v) is 8.39. The average molecular weight is 419 g/mol. The van der Waals surface area contributed by atoms with Crippen molar-refractivity contribution in [2.24, 2.45) is 23.2 Å². The molecule has 166 valence electrons. The topological polar surface area (TPSA) is 18.5 Å². The summed E-state index contributed by atoms with van der Waals surface area (Å²) in [6, 6.07) is 19.5. The van der Waals surface area contributed by atoms with Crippen molar-refractivity contribution in [3.05, 3.63) is 65.7 Å². The molecule has 4 aliphatic rings. The lowest BCUT2D eigenvalue weighted by Gasteiger charge is -2.58. The van der Waals surface area contributed by atoms with Crippen LogP contribution in [0, 0.1) is 23.2 Å². The van der Waals surface area contributed by atoms with Gasteiger partial charge in [0.1, 0.15) is 5.75 Å². The molecular formula is C29H38O2. The van der Waals surface area contributed by atoms with Gasteiger partial charge in [-0.25, -0.2) is 0 Å². The summed E-state index contributed by atoms with van der Waals surface area (Å²) in [5.74, 6) is 4.23. The molecule has 4 aliphatic carbocycles. The van der Waals surface area contributed by atoms with Gasteiger partial charge >= 0.3 is 0 Å². The van der Waals surface area contributed by atoms with Crippen LogP contribution in [0.2, 0.25) is 0 Å². The SMILES string of the molecule is CCC(C)c1ccc(OC(OCCc2ccccc2)C23CC4CC(CC(C4)C2)C3)cc1. The van der Waals surface area contributed by atoms with Gasteiger partial charge in [0.25, 0.3) is 0 Å². The second-order valence-corrected chi connectivity index (χ2v) is 10.7. The standard InChI is InChI=1S/C29H38O2/c1-3-21(2)26-9-11-27(12-10-26)31-28(30-14-13-22-7-5-4-6-8-22)29-18-23-15-24(19-29)17-25(16-23)20-29/h4-12,21,23-25,28H,3,13-20H2,1-2H3. The summed E-state index contributed by atoms with van der Waals surface area (Å²) >= 11 is 0. The van der Waals surface area contributed by atoms with Crippen LogP contribution in [0.1, 0.15) is 75.8 Å². The van der Waals surface area contributed by atoms with Gasteiger partial charge in [-0.05, 0) is 98.3 Å². The van der Waals surface area contributed by atoms with Gasteiger partial charge in [0.05, 0.1) is 6.61 Å². The Morgan fingerprint density at radius 1 is 0.871 bits per heavy atom. The molecule has 2 aromatic carbocycles. The fourth-order valence-corrected chi connectivity index (χ4v) is 6.96. The lowest BCUT2D eigenvalue weighted by atomic mass is 9.49. The summed E-state index contributed by atoms with van der Waals surface area (Å²) in [6.45, 7) is 5.26. The molecule has 4 bridgehead atoms. The van der Waals surface area contributed by atoms with Crippen LogP contribution in [0.15, 0.2) is 54.6 Å². The van der Waals surface area contributed by atoms with Crippen LogP contribution >= 0.6 is 0 Å². The molecule has 0 saturated heterocycles. The number of rotatable bonds is 9. The molecule has 0 aliphatic heterocycles. The summed E-state index contributed by atoms with van der Waals surface area (Å²) < 4.78 is 13.3. The summed E-state index contributed by atoms with van der Waals surface area (Å²) in [5.41, 5.74) is 2.94. The number of hydrogen-bond donors (Lipinski definition) is 0. The van der Waals surface area contributed by atoms with E-state index in [1.54, 1.807) is 0 Å². The minimum atomic E-state index is -0.126. The third kappa shape index (κ3) is 4.55. The van der Waals surface area contributed by atoms with Gasteiger partial charge in [-0.1, -0.05) is 56.3 Å².